The van der Waals surface area contributed by atoms with E-state index in [9.17, 15) is 9.59 Å². The third-order valence-electron chi connectivity index (χ3n) is 5.03. The van der Waals surface area contributed by atoms with Gasteiger partial charge in [0.15, 0.2) is 6.61 Å². The zero-order chi connectivity index (χ0) is 19.8. The van der Waals surface area contributed by atoms with Crippen LogP contribution in [0.4, 0.5) is 5.69 Å². The van der Waals surface area contributed by atoms with Crippen molar-refractivity contribution in [2.45, 2.75) is 53.0 Å². The third kappa shape index (κ3) is 6.24. The van der Waals surface area contributed by atoms with Crippen LogP contribution in [0.1, 0.15) is 45.6 Å². The summed E-state index contributed by atoms with van der Waals surface area (Å²) in [5.74, 6) is 0.587. The van der Waals surface area contributed by atoms with Crippen LogP contribution in [0.25, 0.3) is 0 Å². The average molecular weight is 376 g/mol. The average Bonchev–Trinajstić information content (AvgIpc) is 2.64. The van der Waals surface area contributed by atoms with Gasteiger partial charge in [-0.1, -0.05) is 19.9 Å². The van der Waals surface area contributed by atoms with E-state index in [1.54, 1.807) is 4.90 Å². The first-order valence-electron chi connectivity index (χ1n) is 10.00. The van der Waals surface area contributed by atoms with Gasteiger partial charge >= 0.3 is 0 Å². The highest BCUT2D eigenvalue weighted by Gasteiger charge is 2.25. The molecule has 0 saturated carbocycles. The normalized spacial score (nSPS) is 14.7. The summed E-state index contributed by atoms with van der Waals surface area (Å²) in [6, 6.07) is 5.90. The summed E-state index contributed by atoms with van der Waals surface area (Å²) in [5.41, 5.74) is 1.83. The molecule has 0 saturated heterocycles. The molecule has 2 amide bonds. The molecule has 0 radical (unpaired) electrons. The van der Waals surface area contributed by atoms with E-state index in [2.05, 4.69) is 24.1 Å². The molecule has 1 aromatic rings. The van der Waals surface area contributed by atoms with Crippen LogP contribution in [0.15, 0.2) is 18.2 Å². The number of fused-ring (bicyclic) bond motifs is 1. The molecular weight excluding hydrogens is 342 g/mol. The monoisotopic (exact) mass is 375 g/mol. The molecule has 1 aromatic carbocycles. The van der Waals surface area contributed by atoms with Crippen molar-refractivity contribution >= 4 is 17.5 Å². The molecule has 0 unspecified atom stereocenters. The first kappa shape index (κ1) is 21.2. The molecule has 6 heteroatoms. The number of rotatable bonds is 10. The summed E-state index contributed by atoms with van der Waals surface area (Å²) >= 11 is 0. The standard InChI is InChI=1S/C21H33N3O3/c1-5-23(6-2)12-7-8-17(4)22-20(25)11-13-24-18-10-9-16(3)14-19(18)27-15-21(24)26/h9-10,14,17H,5-8,11-13,15H2,1-4H3,(H,22,25)/t17-/m1/s1. The Bertz CT molecular complexity index is 644. The molecule has 0 aromatic heterocycles. The molecule has 0 fully saturated rings. The zero-order valence-corrected chi connectivity index (χ0v) is 17.1. The quantitative estimate of drug-likeness (QED) is 0.683. The van der Waals surface area contributed by atoms with Gasteiger partial charge < -0.3 is 19.9 Å². The van der Waals surface area contributed by atoms with Crippen molar-refractivity contribution in [3.8, 4) is 5.75 Å². The zero-order valence-electron chi connectivity index (χ0n) is 17.1. The predicted molar refractivity (Wildman–Crippen MR) is 108 cm³/mol. The number of amides is 2. The third-order valence-corrected chi connectivity index (χ3v) is 5.03. The molecule has 2 rings (SSSR count). The topological polar surface area (TPSA) is 61.9 Å². The van der Waals surface area contributed by atoms with Crippen LogP contribution in [0.2, 0.25) is 0 Å². The number of hydrogen-bond acceptors (Lipinski definition) is 4. The number of benzene rings is 1. The van der Waals surface area contributed by atoms with E-state index in [0.29, 0.717) is 18.7 Å². The van der Waals surface area contributed by atoms with Crippen molar-refractivity contribution < 1.29 is 14.3 Å². The maximum Gasteiger partial charge on any atom is 0.265 e. The lowest BCUT2D eigenvalue weighted by Gasteiger charge is -2.29. The number of anilines is 1. The van der Waals surface area contributed by atoms with Gasteiger partial charge in [0.25, 0.3) is 5.91 Å². The Kier molecular flexibility index (Phi) is 8.10. The Morgan fingerprint density at radius 1 is 1.33 bits per heavy atom. The van der Waals surface area contributed by atoms with Crippen molar-refractivity contribution in [2.24, 2.45) is 0 Å². The molecule has 1 heterocycles. The fourth-order valence-electron chi connectivity index (χ4n) is 3.35. The highest BCUT2D eigenvalue weighted by molar-refractivity contribution is 5.98. The molecule has 27 heavy (non-hydrogen) atoms. The molecule has 1 aliphatic rings. The van der Waals surface area contributed by atoms with Crippen LogP contribution in [0, 0.1) is 6.92 Å². The predicted octanol–water partition coefficient (Wildman–Crippen LogP) is 2.74. The lowest BCUT2D eigenvalue weighted by atomic mass is 10.1. The Morgan fingerprint density at radius 2 is 2.07 bits per heavy atom. The first-order valence-corrected chi connectivity index (χ1v) is 10.00. The fraction of sp³-hybridized carbons (Fsp3) is 0.619. The van der Waals surface area contributed by atoms with Gasteiger partial charge in [-0.3, -0.25) is 9.59 Å². The summed E-state index contributed by atoms with van der Waals surface area (Å²) in [4.78, 5) is 28.5. The van der Waals surface area contributed by atoms with Crippen LogP contribution in [-0.4, -0.2) is 55.5 Å². The van der Waals surface area contributed by atoms with E-state index in [-0.39, 0.29) is 24.5 Å². The Morgan fingerprint density at radius 3 is 2.78 bits per heavy atom. The van der Waals surface area contributed by atoms with Crippen LogP contribution >= 0.6 is 0 Å². The largest absolute Gasteiger partial charge is 0.482 e. The van der Waals surface area contributed by atoms with Gasteiger partial charge in [0.1, 0.15) is 5.75 Å². The Hall–Kier alpha value is -2.08. The molecule has 1 aliphatic heterocycles. The number of hydrogen-bond donors (Lipinski definition) is 1. The molecule has 0 bridgehead atoms. The van der Waals surface area contributed by atoms with E-state index in [1.807, 2.05) is 32.0 Å². The summed E-state index contributed by atoms with van der Waals surface area (Å²) in [7, 11) is 0. The van der Waals surface area contributed by atoms with Crippen molar-refractivity contribution in [1.82, 2.24) is 10.2 Å². The van der Waals surface area contributed by atoms with Gasteiger partial charge in [-0.05, 0) is 64.0 Å². The highest BCUT2D eigenvalue weighted by Crippen LogP contribution is 2.32. The van der Waals surface area contributed by atoms with E-state index in [1.165, 1.54) is 0 Å². The van der Waals surface area contributed by atoms with Gasteiger partial charge in [0, 0.05) is 19.0 Å². The maximum absolute atomic E-state index is 12.3. The minimum Gasteiger partial charge on any atom is -0.482 e. The van der Waals surface area contributed by atoms with Gasteiger partial charge in [0.2, 0.25) is 5.91 Å². The maximum atomic E-state index is 12.3. The number of carbonyl (C=O) groups is 2. The first-order chi connectivity index (χ1) is 12.9. The number of nitrogens with zero attached hydrogens (tertiary/aromatic N) is 2. The van der Waals surface area contributed by atoms with Crippen molar-refractivity contribution in [1.29, 1.82) is 0 Å². The molecule has 1 N–H and O–H groups in total. The highest BCUT2D eigenvalue weighted by atomic mass is 16.5. The lowest BCUT2D eigenvalue weighted by molar-refractivity contribution is -0.122. The van der Waals surface area contributed by atoms with E-state index in [4.69, 9.17) is 4.74 Å². The van der Waals surface area contributed by atoms with Crippen molar-refractivity contribution in [3.63, 3.8) is 0 Å². The lowest BCUT2D eigenvalue weighted by Crippen LogP contribution is -2.42. The number of aryl methyl sites for hydroxylation is 1. The van der Waals surface area contributed by atoms with E-state index in [0.717, 1.165) is 43.7 Å². The second kappa shape index (κ2) is 10.3. The smallest absolute Gasteiger partial charge is 0.265 e. The van der Waals surface area contributed by atoms with E-state index >= 15 is 0 Å². The molecule has 1 atom stereocenters. The summed E-state index contributed by atoms with van der Waals surface area (Å²) in [5, 5.41) is 3.05. The van der Waals surface area contributed by atoms with Crippen LogP contribution < -0.4 is 15.0 Å². The minimum absolute atomic E-state index is 0.0155. The fourth-order valence-corrected chi connectivity index (χ4v) is 3.35. The van der Waals surface area contributed by atoms with Crippen LogP contribution in [-0.2, 0) is 9.59 Å². The van der Waals surface area contributed by atoms with Crippen LogP contribution in [0.5, 0.6) is 5.75 Å². The second-order valence-electron chi connectivity index (χ2n) is 7.19. The van der Waals surface area contributed by atoms with Gasteiger partial charge in [-0.25, -0.2) is 0 Å². The van der Waals surface area contributed by atoms with E-state index < -0.39 is 0 Å². The van der Waals surface area contributed by atoms with Crippen molar-refractivity contribution in [3.05, 3.63) is 23.8 Å². The minimum atomic E-state index is -0.105. The summed E-state index contributed by atoms with van der Waals surface area (Å²) < 4.78 is 5.50. The molecule has 0 aliphatic carbocycles. The molecule has 6 nitrogen and oxygen atoms in total. The van der Waals surface area contributed by atoms with Crippen molar-refractivity contribution in [2.75, 3.05) is 37.7 Å². The summed E-state index contributed by atoms with van der Waals surface area (Å²) in [6.07, 6.45) is 2.32. The molecule has 0 spiro atoms. The molecule has 150 valence electrons. The Balaban J connectivity index is 1.79. The number of ether oxygens (including phenoxy) is 1. The SMILES string of the molecule is CCN(CC)CCC[C@@H](C)NC(=O)CCN1C(=O)COc2cc(C)ccc21. The number of carbonyl (C=O) groups excluding carboxylic acids is 2. The van der Waals surface area contributed by atoms with Gasteiger partial charge in [-0.2, -0.15) is 0 Å². The second-order valence-corrected chi connectivity index (χ2v) is 7.19. The van der Waals surface area contributed by atoms with Gasteiger partial charge in [0.05, 0.1) is 5.69 Å². The molecular formula is C21H33N3O3. The van der Waals surface area contributed by atoms with Gasteiger partial charge in [-0.15, -0.1) is 0 Å². The summed E-state index contributed by atoms with van der Waals surface area (Å²) in [6.45, 7) is 11.9. The Labute approximate surface area is 162 Å². The van der Waals surface area contributed by atoms with Crippen LogP contribution in [0.3, 0.4) is 0 Å². The number of nitrogens with one attached hydrogen (secondary N) is 1.